The molecule has 2 rings (SSSR count). The molecule has 20 heavy (non-hydrogen) atoms. The number of aromatic hydroxyl groups is 1. The van der Waals surface area contributed by atoms with Crippen LogP contribution in [0.3, 0.4) is 0 Å². The Hall–Kier alpha value is -1.75. The van der Waals surface area contributed by atoms with Crippen LogP contribution in [0.15, 0.2) is 18.2 Å². The molecule has 1 amide bonds. The first-order valence-corrected chi connectivity index (χ1v) is 7.04. The van der Waals surface area contributed by atoms with E-state index in [1.54, 1.807) is 23.1 Å². The summed E-state index contributed by atoms with van der Waals surface area (Å²) >= 11 is 0. The van der Waals surface area contributed by atoms with E-state index in [9.17, 15) is 9.90 Å². The smallest absolute Gasteiger partial charge is 0.271 e. The zero-order valence-corrected chi connectivity index (χ0v) is 12.2. The van der Waals surface area contributed by atoms with Crippen LogP contribution in [0.5, 0.6) is 11.5 Å². The number of phenols is 1. The molecule has 1 heterocycles. The van der Waals surface area contributed by atoms with Gasteiger partial charge in [-0.15, -0.1) is 0 Å². The van der Waals surface area contributed by atoms with Crippen molar-refractivity contribution in [3.8, 4) is 11.5 Å². The quantitative estimate of drug-likeness (QED) is 0.883. The number of benzene rings is 1. The van der Waals surface area contributed by atoms with E-state index >= 15 is 0 Å². The number of hydrogen-bond donors (Lipinski definition) is 2. The maximum absolute atomic E-state index is 12.8. The molecule has 1 aromatic rings. The highest BCUT2D eigenvalue weighted by Crippen LogP contribution is 2.42. The molecule has 1 aliphatic heterocycles. The van der Waals surface area contributed by atoms with E-state index in [1.807, 2.05) is 20.8 Å². The first-order chi connectivity index (χ1) is 9.49. The number of nitrogens with zero attached hydrogens (tertiary/aromatic N) is 1. The molecule has 1 unspecified atom stereocenters. The number of phenolic OH excluding ortho intramolecular Hbond substituents is 1. The molecule has 0 spiro atoms. The summed E-state index contributed by atoms with van der Waals surface area (Å²) in [5.74, 6) is 0.639. The number of hydrogen-bond acceptors (Lipinski definition) is 4. The minimum Gasteiger partial charge on any atom is -0.508 e. The lowest BCUT2D eigenvalue weighted by atomic mass is 9.92. The molecule has 0 fully saturated rings. The highest BCUT2D eigenvalue weighted by molar-refractivity contribution is 6.03. The molecular weight excluding hydrogens is 256 g/mol. The third-order valence-electron chi connectivity index (χ3n) is 4.04. The van der Waals surface area contributed by atoms with Gasteiger partial charge in [0, 0.05) is 18.7 Å². The maximum Gasteiger partial charge on any atom is 0.271 e. The Kier molecular flexibility index (Phi) is 3.90. The Bertz CT molecular complexity index is 512. The second-order valence-electron chi connectivity index (χ2n) is 5.22. The lowest BCUT2D eigenvalue weighted by Crippen LogP contribution is -2.59. The van der Waals surface area contributed by atoms with E-state index < -0.39 is 5.60 Å². The number of amides is 1. The van der Waals surface area contributed by atoms with Crippen LogP contribution in [-0.2, 0) is 4.79 Å². The molecule has 110 valence electrons. The highest BCUT2D eigenvalue weighted by Gasteiger charge is 2.47. The van der Waals surface area contributed by atoms with Gasteiger partial charge < -0.3 is 20.5 Å². The van der Waals surface area contributed by atoms with Gasteiger partial charge in [0.1, 0.15) is 11.5 Å². The predicted molar refractivity (Wildman–Crippen MR) is 78.1 cm³/mol. The minimum atomic E-state index is -0.840. The lowest BCUT2D eigenvalue weighted by molar-refractivity contribution is -0.136. The number of ether oxygens (including phenoxy) is 1. The first-order valence-electron chi connectivity index (χ1n) is 7.04. The average molecular weight is 278 g/mol. The van der Waals surface area contributed by atoms with Gasteiger partial charge in [-0.05, 0) is 31.9 Å². The molecule has 1 aromatic carbocycles. The third kappa shape index (κ3) is 2.12. The van der Waals surface area contributed by atoms with Crippen molar-refractivity contribution in [3.63, 3.8) is 0 Å². The van der Waals surface area contributed by atoms with E-state index in [4.69, 9.17) is 10.5 Å². The summed E-state index contributed by atoms with van der Waals surface area (Å²) in [4.78, 5) is 14.5. The lowest BCUT2D eigenvalue weighted by Gasteiger charge is -2.44. The molecule has 0 saturated carbocycles. The molecular formula is C15H22N2O3. The average Bonchev–Trinajstić information content (AvgIpc) is 2.46. The number of anilines is 1. The molecule has 0 aromatic heterocycles. The van der Waals surface area contributed by atoms with Crippen LogP contribution < -0.4 is 15.4 Å². The van der Waals surface area contributed by atoms with Crippen molar-refractivity contribution in [3.05, 3.63) is 18.2 Å². The molecule has 3 N–H and O–H groups in total. The van der Waals surface area contributed by atoms with Gasteiger partial charge in [0.15, 0.2) is 5.60 Å². The fraction of sp³-hybridized carbons (Fsp3) is 0.533. The highest BCUT2D eigenvalue weighted by atomic mass is 16.5. The van der Waals surface area contributed by atoms with Gasteiger partial charge in [0.2, 0.25) is 0 Å². The number of fused-ring (bicyclic) bond motifs is 1. The number of carbonyl (C=O) groups excluding carboxylic acids is 1. The van der Waals surface area contributed by atoms with Crippen LogP contribution in [-0.4, -0.2) is 29.2 Å². The molecule has 0 saturated heterocycles. The monoisotopic (exact) mass is 278 g/mol. The number of rotatable bonds is 4. The minimum absolute atomic E-state index is 0.0847. The molecule has 1 atom stereocenters. The van der Waals surface area contributed by atoms with Gasteiger partial charge in [0.05, 0.1) is 5.69 Å². The van der Waals surface area contributed by atoms with Crippen LogP contribution in [0, 0.1) is 0 Å². The van der Waals surface area contributed by atoms with Gasteiger partial charge in [-0.3, -0.25) is 4.79 Å². The topological polar surface area (TPSA) is 75.8 Å². The van der Waals surface area contributed by atoms with Gasteiger partial charge in [-0.1, -0.05) is 13.8 Å². The van der Waals surface area contributed by atoms with Crippen molar-refractivity contribution >= 4 is 11.6 Å². The van der Waals surface area contributed by atoms with E-state index in [2.05, 4.69) is 0 Å². The Morgan fingerprint density at radius 3 is 2.60 bits per heavy atom. The summed E-state index contributed by atoms with van der Waals surface area (Å²) in [5.41, 5.74) is 5.48. The van der Waals surface area contributed by atoms with Crippen molar-refractivity contribution in [2.45, 2.75) is 45.3 Å². The van der Waals surface area contributed by atoms with Gasteiger partial charge in [0.25, 0.3) is 5.91 Å². The Morgan fingerprint density at radius 1 is 1.40 bits per heavy atom. The summed E-state index contributed by atoms with van der Waals surface area (Å²) in [7, 11) is 0. The normalized spacial score (nSPS) is 18.4. The zero-order chi connectivity index (χ0) is 14.9. The van der Waals surface area contributed by atoms with Crippen LogP contribution in [0.25, 0.3) is 0 Å². The van der Waals surface area contributed by atoms with E-state index in [1.165, 1.54) is 0 Å². The molecule has 5 heteroatoms. The second-order valence-corrected chi connectivity index (χ2v) is 5.22. The van der Waals surface area contributed by atoms with E-state index in [0.29, 0.717) is 30.8 Å². The zero-order valence-electron chi connectivity index (χ0n) is 12.2. The van der Waals surface area contributed by atoms with Gasteiger partial charge in [-0.2, -0.15) is 0 Å². The van der Waals surface area contributed by atoms with Gasteiger partial charge >= 0.3 is 0 Å². The largest absolute Gasteiger partial charge is 0.508 e. The second kappa shape index (κ2) is 5.32. The van der Waals surface area contributed by atoms with Crippen LogP contribution in [0.2, 0.25) is 0 Å². The summed E-state index contributed by atoms with van der Waals surface area (Å²) in [6.45, 7) is 6.13. The van der Waals surface area contributed by atoms with Gasteiger partial charge in [-0.25, -0.2) is 0 Å². The maximum atomic E-state index is 12.8. The number of nitrogens with two attached hydrogens (primary N) is 1. The fourth-order valence-corrected chi connectivity index (χ4v) is 2.60. The van der Waals surface area contributed by atoms with Crippen LogP contribution >= 0.6 is 0 Å². The summed E-state index contributed by atoms with van der Waals surface area (Å²) in [5, 5.41) is 9.67. The summed E-state index contributed by atoms with van der Waals surface area (Å²) < 4.78 is 5.97. The molecule has 1 aliphatic rings. The van der Waals surface area contributed by atoms with E-state index in [0.717, 1.165) is 0 Å². The Morgan fingerprint density at radius 2 is 2.05 bits per heavy atom. The van der Waals surface area contributed by atoms with Crippen molar-refractivity contribution in [2.75, 3.05) is 11.4 Å². The third-order valence-corrected chi connectivity index (χ3v) is 4.04. The molecule has 0 aliphatic carbocycles. The first kappa shape index (κ1) is 14.7. The Balaban J connectivity index is 2.59. The van der Waals surface area contributed by atoms with Crippen LogP contribution in [0.1, 0.15) is 33.6 Å². The standard InChI is InChI=1S/C15H22N2O3/c1-4-15(5-2)14(19)17(10(3)9-16)12-8-11(18)6-7-13(12)20-15/h6-8,10,18H,4-5,9,16H2,1-3H3. The molecule has 0 bridgehead atoms. The van der Waals surface area contributed by atoms with E-state index in [-0.39, 0.29) is 17.7 Å². The SMILES string of the molecule is CCC1(CC)Oc2ccc(O)cc2N(C(C)CN)C1=O. The van der Waals surface area contributed by atoms with Crippen molar-refractivity contribution in [1.29, 1.82) is 0 Å². The Labute approximate surface area is 119 Å². The number of carbonyl (C=O) groups is 1. The van der Waals surface area contributed by atoms with Crippen molar-refractivity contribution < 1.29 is 14.6 Å². The molecule has 0 radical (unpaired) electrons. The summed E-state index contributed by atoms with van der Waals surface area (Å²) in [6, 6.07) is 4.67. The van der Waals surface area contributed by atoms with Crippen LogP contribution in [0.4, 0.5) is 5.69 Å². The molecule has 5 nitrogen and oxygen atoms in total. The predicted octanol–water partition coefficient (Wildman–Crippen LogP) is 2.02. The summed E-state index contributed by atoms with van der Waals surface area (Å²) in [6.07, 6.45) is 1.19. The fourth-order valence-electron chi connectivity index (χ4n) is 2.60. The van der Waals surface area contributed by atoms with Crippen molar-refractivity contribution in [1.82, 2.24) is 0 Å². The van der Waals surface area contributed by atoms with Crippen molar-refractivity contribution in [2.24, 2.45) is 5.73 Å².